The molecule has 0 unspecified atom stereocenters. The van der Waals surface area contributed by atoms with Crippen molar-refractivity contribution in [3.63, 3.8) is 0 Å². The van der Waals surface area contributed by atoms with Crippen LogP contribution in [0, 0.1) is 6.92 Å². The van der Waals surface area contributed by atoms with Crippen LogP contribution in [0.25, 0.3) is 0 Å². The maximum Gasteiger partial charge on any atom is 0.222 e. The zero-order valence-electron chi connectivity index (χ0n) is 14.7. The van der Waals surface area contributed by atoms with Gasteiger partial charge in [-0.3, -0.25) is 9.69 Å². The van der Waals surface area contributed by atoms with Crippen LogP contribution in [0.15, 0.2) is 24.3 Å². The van der Waals surface area contributed by atoms with E-state index >= 15 is 0 Å². The molecule has 0 bridgehead atoms. The third kappa shape index (κ3) is 3.09. The van der Waals surface area contributed by atoms with Gasteiger partial charge in [-0.1, -0.05) is 24.3 Å². The number of carbonyl (C=O) groups is 1. The summed E-state index contributed by atoms with van der Waals surface area (Å²) in [5.74, 6) is 0.354. The van der Waals surface area contributed by atoms with Crippen LogP contribution in [0.5, 0.6) is 0 Å². The van der Waals surface area contributed by atoms with Crippen LogP contribution in [0.4, 0.5) is 0 Å². The van der Waals surface area contributed by atoms with E-state index in [2.05, 4.69) is 41.0 Å². The molecular formula is C20H28N2O2. The predicted octanol–water partition coefficient (Wildman–Crippen LogP) is 2.74. The molecule has 4 rings (SSSR count). The van der Waals surface area contributed by atoms with Crippen molar-refractivity contribution in [2.75, 3.05) is 26.2 Å². The van der Waals surface area contributed by atoms with Gasteiger partial charge in [0.1, 0.15) is 0 Å². The highest BCUT2D eigenvalue weighted by Crippen LogP contribution is 2.37. The van der Waals surface area contributed by atoms with Crippen molar-refractivity contribution in [2.24, 2.45) is 0 Å². The number of ether oxygens (including phenoxy) is 1. The van der Waals surface area contributed by atoms with Crippen LogP contribution in [-0.2, 0) is 16.1 Å². The van der Waals surface area contributed by atoms with E-state index in [1.807, 2.05) is 0 Å². The molecule has 1 amide bonds. The molecule has 3 saturated heterocycles. The molecule has 0 aromatic heterocycles. The Hall–Kier alpha value is -1.39. The fourth-order valence-electron chi connectivity index (χ4n) is 4.70. The van der Waals surface area contributed by atoms with Gasteiger partial charge >= 0.3 is 0 Å². The van der Waals surface area contributed by atoms with Crippen LogP contribution in [0.2, 0.25) is 0 Å². The number of aryl methyl sites for hydroxylation is 1. The second-order valence-electron chi connectivity index (χ2n) is 7.76. The number of amides is 1. The third-order valence-corrected chi connectivity index (χ3v) is 6.07. The lowest BCUT2D eigenvalue weighted by Gasteiger charge is -2.41. The lowest BCUT2D eigenvalue weighted by molar-refractivity contribution is -0.137. The highest BCUT2D eigenvalue weighted by Gasteiger charge is 2.45. The van der Waals surface area contributed by atoms with Crippen molar-refractivity contribution < 1.29 is 9.53 Å². The van der Waals surface area contributed by atoms with Crippen molar-refractivity contribution in [3.05, 3.63) is 35.4 Å². The molecular weight excluding hydrogens is 300 g/mol. The molecule has 2 atom stereocenters. The number of hydrogen-bond donors (Lipinski definition) is 0. The second-order valence-corrected chi connectivity index (χ2v) is 7.76. The summed E-state index contributed by atoms with van der Waals surface area (Å²) in [5.41, 5.74) is 2.74. The summed E-state index contributed by atoms with van der Waals surface area (Å²) in [6, 6.07) is 9.04. The quantitative estimate of drug-likeness (QED) is 0.855. The number of carbonyl (C=O) groups excluding carboxylic acids is 1. The first-order valence-corrected chi connectivity index (χ1v) is 9.36. The molecule has 1 aromatic rings. The van der Waals surface area contributed by atoms with Gasteiger partial charge in [0.2, 0.25) is 5.91 Å². The van der Waals surface area contributed by atoms with E-state index < -0.39 is 0 Å². The summed E-state index contributed by atoms with van der Waals surface area (Å²) >= 11 is 0. The lowest BCUT2D eigenvalue weighted by atomic mass is 9.89. The maximum atomic E-state index is 12.1. The summed E-state index contributed by atoms with van der Waals surface area (Å²) in [5, 5.41) is 0. The Morgan fingerprint density at radius 2 is 2.17 bits per heavy atom. The van der Waals surface area contributed by atoms with Crippen LogP contribution < -0.4 is 0 Å². The fourth-order valence-corrected chi connectivity index (χ4v) is 4.70. The van der Waals surface area contributed by atoms with Gasteiger partial charge in [-0.05, 0) is 43.7 Å². The first kappa shape index (κ1) is 16.1. The molecule has 24 heavy (non-hydrogen) atoms. The van der Waals surface area contributed by atoms with Crippen LogP contribution in [0.1, 0.15) is 43.2 Å². The van der Waals surface area contributed by atoms with Crippen LogP contribution in [-0.4, -0.2) is 53.6 Å². The van der Waals surface area contributed by atoms with Crippen molar-refractivity contribution >= 4 is 5.91 Å². The molecule has 3 fully saturated rings. The molecule has 3 aliphatic rings. The molecule has 130 valence electrons. The first-order chi connectivity index (χ1) is 11.7. The Morgan fingerprint density at radius 3 is 2.96 bits per heavy atom. The van der Waals surface area contributed by atoms with E-state index in [4.69, 9.17) is 4.74 Å². The van der Waals surface area contributed by atoms with E-state index in [0.717, 1.165) is 64.9 Å². The smallest absolute Gasteiger partial charge is 0.222 e. The minimum absolute atomic E-state index is 0.0333. The predicted molar refractivity (Wildman–Crippen MR) is 93.7 cm³/mol. The molecule has 4 nitrogen and oxygen atoms in total. The van der Waals surface area contributed by atoms with Crippen LogP contribution in [0.3, 0.4) is 0 Å². The Bertz CT molecular complexity index is 617. The Morgan fingerprint density at radius 1 is 1.29 bits per heavy atom. The number of hydrogen-bond acceptors (Lipinski definition) is 3. The van der Waals surface area contributed by atoms with E-state index in [1.165, 1.54) is 11.1 Å². The molecule has 3 heterocycles. The Labute approximate surface area is 144 Å². The molecule has 0 radical (unpaired) electrons. The monoisotopic (exact) mass is 328 g/mol. The van der Waals surface area contributed by atoms with Crippen molar-refractivity contribution in [2.45, 2.75) is 57.2 Å². The Kier molecular flexibility index (Phi) is 4.35. The topological polar surface area (TPSA) is 32.8 Å². The van der Waals surface area contributed by atoms with E-state index in [0.29, 0.717) is 11.9 Å². The van der Waals surface area contributed by atoms with Gasteiger partial charge in [0.25, 0.3) is 0 Å². The second kappa shape index (κ2) is 6.49. The number of benzene rings is 1. The standard InChI is InChI=1S/C20H28N2O2/c1-16-5-2-3-6-17(16)14-21-11-9-20(15-21)13-18(8-12-24-20)22-10-4-7-19(22)23/h2-3,5-6,18H,4,7-15H2,1H3/t18-,20-/m1/s1. The number of nitrogens with zero attached hydrogens (tertiary/aromatic N) is 2. The Balaban J connectivity index is 1.41. The molecule has 1 spiro atoms. The van der Waals surface area contributed by atoms with Crippen molar-refractivity contribution in [1.82, 2.24) is 9.80 Å². The van der Waals surface area contributed by atoms with Gasteiger partial charge < -0.3 is 9.64 Å². The minimum atomic E-state index is -0.0333. The molecule has 0 saturated carbocycles. The third-order valence-electron chi connectivity index (χ3n) is 6.07. The average molecular weight is 328 g/mol. The van der Waals surface area contributed by atoms with Gasteiger partial charge in [-0.15, -0.1) is 0 Å². The van der Waals surface area contributed by atoms with Gasteiger partial charge in [0.15, 0.2) is 0 Å². The molecule has 0 N–H and O–H groups in total. The fraction of sp³-hybridized carbons (Fsp3) is 0.650. The van der Waals surface area contributed by atoms with Gasteiger partial charge in [0.05, 0.1) is 5.60 Å². The highest BCUT2D eigenvalue weighted by molar-refractivity contribution is 5.78. The average Bonchev–Trinajstić information content (AvgIpc) is 3.17. The first-order valence-electron chi connectivity index (χ1n) is 9.36. The number of rotatable bonds is 3. The molecule has 0 aliphatic carbocycles. The summed E-state index contributed by atoms with van der Waals surface area (Å²) in [4.78, 5) is 16.8. The molecule has 1 aromatic carbocycles. The number of likely N-dealkylation sites (tertiary alicyclic amines) is 2. The summed E-state index contributed by atoms with van der Waals surface area (Å²) in [6.07, 6.45) is 4.89. The maximum absolute atomic E-state index is 12.1. The normalized spacial score (nSPS) is 31.3. The lowest BCUT2D eigenvalue weighted by Crippen LogP contribution is -2.50. The summed E-state index contributed by atoms with van der Waals surface area (Å²) in [7, 11) is 0. The molecule has 3 aliphatic heterocycles. The summed E-state index contributed by atoms with van der Waals surface area (Å²) in [6.45, 7) is 7.03. The minimum Gasteiger partial charge on any atom is -0.373 e. The highest BCUT2D eigenvalue weighted by atomic mass is 16.5. The SMILES string of the molecule is Cc1ccccc1CN1CC[C@@]2(C[C@H](N3CCCC3=O)CCO2)C1. The van der Waals surface area contributed by atoms with Crippen molar-refractivity contribution in [3.8, 4) is 0 Å². The summed E-state index contributed by atoms with van der Waals surface area (Å²) < 4.78 is 6.27. The van der Waals surface area contributed by atoms with E-state index in [9.17, 15) is 4.79 Å². The zero-order chi connectivity index (χ0) is 16.6. The largest absolute Gasteiger partial charge is 0.373 e. The van der Waals surface area contributed by atoms with Crippen molar-refractivity contribution in [1.29, 1.82) is 0 Å². The van der Waals surface area contributed by atoms with E-state index in [1.54, 1.807) is 0 Å². The van der Waals surface area contributed by atoms with Gasteiger partial charge in [-0.25, -0.2) is 0 Å². The molecule has 4 heteroatoms. The zero-order valence-corrected chi connectivity index (χ0v) is 14.7. The van der Waals surface area contributed by atoms with Gasteiger partial charge in [0, 0.05) is 45.2 Å². The van der Waals surface area contributed by atoms with E-state index in [-0.39, 0.29) is 5.60 Å². The van der Waals surface area contributed by atoms with Crippen LogP contribution >= 0.6 is 0 Å². The van der Waals surface area contributed by atoms with Gasteiger partial charge in [-0.2, -0.15) is 0 Å².